The monoisotopic (exact) mass is 468 g/mol. The molecule has 1 aliphatic rings. The third-order valence-corrected chi connectivity index (χ3v) is 8.55. The van der Waals surface area contributed by atoms with Crippen LogP contribution in [0.4, 0.5) is 13.9 Å². The second-order valence-corrected chi connectivity index (χ2v) is 10.8. The Kier molecular flexibility index (Phi) is 6.09. The molecule has 0 aliphatic carbocycles. The normalized spacial score (nSPS) is 15.5. The lowest BCUT2D eigenvalue weighted by molar-refractivity contribution is 0.528. The minimum absolute atomic E-state index is 0.0336. The Bertz CT molecular complexity index is 1140. The summed E-state index contributed by atoms with van der Waals surface area (Å²) in [6, 6.07) is 9.59. The van der Waals surface area contributed by atoms with E-state index in [4.69, 9.17) is 11.6 Å². The number of nitrogens with zero attached hydrogens (tertiary/aromatic N) is 2. The Morgan fingerprint density at radius 3 is 2.57 bits per heavy atom. The van der Waals surface area contributed by atoms with Gasteiger partial charge in [0.05, 0.1) is 15.8 Å². The molecule has 0 amide bonds. The lowest BCUT2D eigenvalue weighted by Crippen LogP contribution is -2.39. The van der Waals surface area contributed by atoms with Crippen LogP contribution >= 0.6 is 22.9 Å². The molecule has 1 aromatic heterocycles. The van der Waals surface area contributed by atoms with Gasteiger partial charge in [0.1, 0.15) is 11.6 Å². The molecule has 2 heterocycles. The third-order valence-electron chi connectivity index (χ3n) is 5.12. The Morgan fingerprint density at radius 1 is 1.10 bits per heavy atom. The number of aromatic nitrogens is 1. The van der Waals surface area contributed by atoms with Crippen molar-refractivity contribution >= 4 is 37.9 Å². The molecule has 2 aromatic carbocycles. The Balaban J connectivity index is 1.41. The number of piperidine rings is 1. The highest BCUT2D eigenvalue weighted by atomic mass is 35.5. The van der Waals surface area contributed by atoms with E-state index >= 15 is 0 Å². The molecule has 0 unspecified atom stereocenters. The van der Waals surface area contributed by atoms with Crippen LogP contribution in [0.3, 0.4) is 0 Å². The fourth-order valence-electron chi connectivity index (χ4n) is 3.64. The number of anilines is 1. The van der Waals surface area contributed by atoms with Gasteiger partial charge in [0.15, 0.2) is 15.0 Å². The molecule has 1 saturated heterocycles. The maximum atomic E-state index is 13.5. The van der Waals surface area contributed by atoms with Gasteiger partial charge in [0.25, 0.3) is 0 Å². The minimum Gasteiger partial charge on any atom is -0.348 e. The van der Waals surface area contributed by atoms with Gasteiger partial charge in [-0.25, -0.2) is 22.2 Å². The number of hydrogen-bond acceptors (Lipinski definition) is 5. The molecule has 158 valence electrons. The molecule has 0 N–H and O–H groups in total. The van der Waals surface area contributed by atoms with Crippen molar-refractivity contribution in [2.24, 2.45) is 0 Å². The molecule has 4 nitrogen and oxygen atoms in total. The Morgan fingerprint density at radius 2 is 1.87 bits per heavy atom. The standard InChI is InChI=1S/C21H19ClF2N2O2S2/c22-15-8-14(9-17(24)11-15)10-18-13-29-21(25-18)26-6-4-19(5-7-26)30(27,28)20-3-1-2-16(23)12-20/h1-3,8-9,11-13,19H,4-7,10H2. The van der Waals surface area contributed by atoms with Crippen LogP contribution < -0.4 is 4.90 Å². The second kappa shape index (κ2) is 8.61. The fourth-order valence-corrected chi connectivity index (χ4v) is 6.52. The quantitative estimate of drug-likeness (QED) is 0.522. The predicted octanol–water partition coefficient (Wildman–Crippen LogP) is 5.11. The topological polar surface area (TPSA) is 50.3 Å². The number of thiazole rings is 1. The van der Waals surface area contributed by atoms with E-state index in [0.29, 0.717) is 37.4 Å². The predicted molar refractivity (Wildman–Crippen MR) is 115 cm³/mol. The van der Waals surface area contributed by atoms with Gasteiger partial charge in [-0.1, -0.05) is 17.7 Å². The van der Waals surface area contributed by atoms with E-state index in [9.17, 15) is 17.2 Å². The summed E-state index contributed by atoms with van der Waals surface area (Å²) >= 11 is 7.39. The first-order chi connectivity index (χ1) is 14.3. The number of hydrogen-bond donors (Lipinski definition) is 0. The summed E-state index contributed by atoms with van der Waals surface area (Å²) < 4.78 is 52.6. The van der Waals surface area contributed by atoms with Gasteiger partial charge in [0.2, 0.25) is 0 Å². The molecule has 1 aliphatic heterocycles. The van der Waals surface area contributed by atoms with Crippen molar-refractivity contribution in [1.29, 1.82) is 0 Å². The van der Waals surface area contributed by atoms with Gasteiger partial charge in [-0.3, -0.25) is 0 Å². The lowest BCUT2D eigenvalue weighted by atomic mass is 10.1. The summed E-state index contributed by atoms with van der Waals surface area (Å²) in [4.78, 5) is 6.72. The van der Waals surface area contributed by atoms with E-state index in [1.165, 1.54) is 41.7 Å². The van der Waals surface area contributed by atoms with Crippen molar-refractivity contribution in [3.05, 3.63) is 75.8 Å². The molecule has 1 fully saturated rings. The maximum Gasteiger partial charge on any atom is 0.185 e. The summed E-state index contributed by atoms with van der Waals surface area (Å²) in [6.07, 6.45) is 1.37. The van der Waals surface area contributed by atoms with Crippen LogP contribution in [0.1, 0.15) is 24.1 Å². The zero-order chi connectivity index (χ0) is 21.3. The highest BCUT2D eigenvalue weighted by molar-refractivity contribution is 7.92. The summed E-state index contributed by atoms with van der Waals surface area (Å²) in [5.41, 5.74) is 1.56. The molecule has 0 atom stereocenters. The molecule has 9 heteroatoms. The van der Waals surface area contributed by atoms with E-state index in [1.54, 1.807) is 6.07 Å². The van der Waals surface area contributed by atoms with E-state index in [2.05, 4.69) is 9.88 Å². The minimum atomic E-state index is -3.57. The summed E-state index contributed by atoms with van der Waals surface area (Å²) in [5, 5.41) is 2.55. The number of rotatable bonds is 5. The van der Waals surface area contributed by atoms with Crippen molar-refractivity contribution in [3.8, 4) is 0 Å². The van der Waals surface area contributed by atoms with Crippen LogP contribution in [-0.2, 0) is 16.3 Å². The first-order valence-corrected chi connectivity index (χ1v) is 12.3. The average molecular weight is 469 g/mol. The fraction of sp³-hybridized carbons (Fsp3) is 0.286. The third kappa shape index (κ3) is 4.66. The number of benzene rings is 2. The SMILES string of the molecule is O=S(=O)(c1cccc(F)c1)C1CCN(c2nc(Cc3cc(F)cc(Cl)c3)cs2)CC1. The van der Waals surface area contributed by atoms with Crippen LogP contribution in [0, 0.1) is 11.6 Å². The van der Waals surface area contributed by atoms with E-state index in [-0.39, 0.29) is 10.7 Å². The number of sulfone groups is 1. The van der Waals surface area contributed by atoms with Gasteiger partial charge < -0.3 is 4.90 Å². The van der Waals surface area contributed by atoms with Crippen LogP contribution in [0.2, 0.25) is 5.02 Å². The van der Waals surface area contributed by atoms with Crippen molar-refractivity contribution in [3.63, 3.8) is 0 Å². The van der Waals surface area contributed by atoms with E-state index in [1.807, 2.05) is 5.38 Å². The number of halogens is 3. The molecule has 4 rings (SSSR count). The molecular weight excluding hydrogens is 450 g/mol. The average Bonchev–Trinajstić information content (AvgIpc) is 3.16. The van der Waals surface area contributed by atoms with Crippen molar-refractivity contribution in [2.45, 2.75) is 29.4 Å². The Hall–Kier alpha value is -2.03. The summed E-state index contributed by atoms with van der Waals surface area (Å²) in [5.74, 6) is -0.932. The summed E-state index contributed by atoms with van der Waals surface area (Å²) in [7, 11) is -3.57. The Labute approximate surface area is 183 Å². The van der Waals surface area contributed by atoms with Gasteiger partial charge in [-0.2, -0.15) is 0 Å². The second-order valence-electron chi connectivity index (χ2n) is 7.26. The lowest BCUT2D eigenvalue weighted by Gasteiger charge is -2.31. The summed E-state index contributed by atoms with van der Waals surface area (Å²) in [6.45, 7) is 1.11. The first kappa shape index (κ1) is 21.2. The van der Waals surface area contributed by atoms with Gasteiger partial charge >= 0.3 is 0 Å². The van der Waals surface area contributed by atoms with Crippen LogP contribution in [0.5, 0.6) is 0 Å². The van der Waals surface area contributed by atoms with Crippen LogP contribution in [0.15, 0.2) is 52.7 Å². The molecular formula is C21H19ClF2N2O2S2. The zero-order valence-corrected chi connectivity index (χ0v) is 18.3. The zero-order valence-electron chi connectivity index (χ0n) is 15.9. The van der Waals surface area contributed by atoms with Crippen molar-refractivity contribution in [1.82, 2.24) is 4.98 Å². The molecule has 0 spiro atoms. The molecule has 3 aromatic rings. The van der Waals surface area contributed by atoms with Crippen LogP contribution in [-0.4, -0.2) is 31.7 Å². The largest absolute Gasteiger partial charge is 0.348 e. The van der Waals surface area contributed by atoms with Gasteiger partial charge in [-0.05, 0) is 54.8 Å². The first-order valence-electron chi connectivity index (χ1n) is 9.45. The van der Waals surface area contributed by atoms with Gasteiger partial charge in [-0.15, -0.1) is 11.3 Å². The molecule has 30 heavy (non-hydrogen) atoms. The highest BCUT2D eigenvalue weighted by Gasteiger charge is 2.32. The highest BCUT2D eigenvalue weighted by Crippen LogP contribution is 2.30. The van der Waals surface area contributed by atoms with Crippen molar-refractivity contribution in [2.75, 3.05) is 18.0 Å². The smallest absolute Gasteiger partial charge is 0.185 e. The van der Waals surface area contributed by atoms with Gasteiger partial charge in [0, 0.05) is 29.9 Å². The van der Waals surface area contributed by atoms with E-state index < -0.39 is 20.9 Å². The van der Waals surface area contributed by atoms with Crippen LogP contribution in [0.25, 0.3) is 0 Å². The van der Waals surface area contributed by atoms with Crippen molar-refractivity contribution < 1.29 is 17.2 Å². The molecule has 0 bridgehead atoms. The molecule has 0 saturated carbocycles. The maximum absolute atomic E-state index is 13.5. The molecule has 0 radical (unpaired) electrons. The van der Waals surface area contributed by atoms with E-state index in [0.717, 1.165) is 22.5 Å².